The van der Waals surface area contributed by atoms with Gasteiger partial charge in [0.2, 0.25) is 0 Å². The van der Waals surface area contributed by atoms with Gasteiger partial charge in [0.1, 0.15) is 12.3 Å². The fourth-order valence-corrected chi connectivity index (χ4v) is 1.74. The van der Waals surface area contributed by atoms with Gasteiger partial charge in [0.25, 0.3) is 11.8 Å². The van der Waals surface area contributed by atoms with Gasteiger partial charge in [-0.3, -0.25) is 14.5 Å². The van der Waals surface area contributed by atoms with Crippen LogP contribution in [0.3, 0.4) is 0 Å². The Morgan fingerprint density at radius 1 is 1.45 bits per heavy atom. The van der Waals surface area contributed by atoms with E-state index in [9.17, 15) is 9.59 Å². The van der Waals surface area contributed by atoms with E-state index < -0.39 is 0 Å². The predicted octanol–water partition coefficient (Wildman–Crippen LogP) is 1.31. The third kappa shape index (κ3) is 3.14. The number of carbonyl (C=O) groups excluding carboxylic acids is 2. The highest BCUT2D eigenvalue weighted by Crippen LogP contribution is 2.30. The summed E-state index contributed by atoms with van der Waals surface area (Å²) >= 11 is 0. The molecule has 20 heavy (non-hydrogen) atoms. The van der Waals surface area contributed by atoms with E-state index in [4.69, 9.17) is 4.74 Å². The summed E-state index contributed by atoms with van der Waals surface area (Å²) in [6, 6.07) is 7.14. The smallest absolute Gasteiger partial charge is 0.265 e. The molecule has 0 atom stereocenters. The first-order chi connectivity index (χ1) is 9.61. The molecular formula is C14H17N3O3. The molecule has 1 aromatic carbocycles. The van der Waals surface area contributed by atoms with Crippen LogP contribution in [0.15, 0.2) is 29.4 Å². The number of anilines is 1. The second-order valence-corrected chi connectivity index (χ2v) is 4.47. The number of hydrazone groups is 1. The molecule has 0 bridgehead atoms. The molecule has 0 radical (unpaired) electrons. The van der Waals surface area contributed by atoms with E-state index in [1.807, 2.05) is 19.9 Å². The van der Waals surface area contributed by atoms with Crippen LogP contribution in [0, 0.1) is 0 Å². The molecule has 0 spiro atoms. The molecule has 0 saturated heterocycles. The summed E-state index contributed by atoms with van der Waals surface area (Å²) < 4.78 is 5.31. The van der Waals surface area contributed by atoms with Crippen LogP contribution in [0.2, 0.25) is 0 Å². The van der Waals surface area contributed by atoms with Gasteiger partial charge in [-0.25, -0.2) is 5.43 Å². The normalized spacial score (nSPS) is 14.6. The number of para-hydroxylation sites is 2. The number of hydrogen-bond acceptors (Lipinski definition) is 4. The molecular weight excluding hydrogens is 258 g/mol. The standard InChI is InChI=1S/C14H17N3O3/c1-3-10(2)15-16-13(18)8-17-11-6-4-5-7-12(11)20-9-14(17)19/h4-7H,3,8-9H2,1-2H3,(H,16,18)/b15-10-. The quantitative estimate of drug-likeness (QED) is 0.665. The summed E-state index contributed by atoms with van der Waals surface area (Å²) in [4.78, 5) is 25.1. The average molecular weight is 275 g/mol. The summed E-state index contributed by atoms with van der Waals surface area (Å²) in [6.07, 6.45) is 0.763. The first-order valence-corrected chi connectivity index (χ1v) is 6.46. The van der Waals surface area contributed by atoms with Gasteiger partial charge >= 0.3 is 0 Å². The Hall–Kier alpha value is -2.37. The van der Waals surface area contributed by atoms with Crippen LogP contribution >= 0.6 is 0 Å². The minimum Gasteiger partial charge on any atom is -0.482 e. The number of fused-ring (bicyclic) bond motifs is 1. The number of rotatable bonds is 4. The molecule has 0 fully saturated rings. The molecule has 1 aromatic rings. The van der Waals surface area contributed by atoms with Crippen LogP contribution in [0.25, 0.3) is 0 Å². The van der Waals surface area contributed by atoms with Gasteiger partial charge in [-0.2, -0.15) is 5.10 Å². The first kappa shape index (κ1) is 14.0. The largest absolute Gasteiger partial charge is 0.482 e. The van der Waals surface area contributed by atoms with Crippen molar-refractivity contribution in [2.75, 3.05) is 18.1 Å². The summed E-state index contributed by atoms with van der Waals surface area (Å²) in [7, 11) is 0. The van der Waals surface area contributed by atoms with Gasteiger partial charge in [-0.05, 0) is 25.5 Å². The van der Waals surface area contributed by atoms with Gasteiger partial charge in [0.05, 0.1) is 5.69 Å². The van der Waals surface area contributed by atoms with Gasteiger partial charge in [0, 0.05) is 5.71 Å². The summed E-state index contributed by atoms with van der Waals surface area (Å²) in [5.41, 5.74) is 3.88. The number of hydrogen-bond donors (Lipinski definition) is 1. The molecule has 1 N–H and O–H groups in total. The maximum Gasteiger partial charge on any atom is 0.265 e. The Bertz CT molecular complexity index is 554. The molecule has 6 heteroatoms. The summed E-state index contributed by atoms with van der Waals surface area (Å²) in [6.45, 7) is 3.66. The van der Waals surface area contributed by atoms with E-state index >= 15 is 0 Å². The average Bonchev–Trinajstić information content (AvgIpc) is 2.47. The van der Waals surface area contributed by atoms with Crippen molar-refractivity contribution >= 4 is 23.2 Å². The highest BCUT2D eigenvalue weighted by molar-refractivity contribution is 6.02. The zero-order valence-electron chi connectivity index (χ0n) is 11.5. The van der Waals surface area contributed by atoms with Crippen molar-refractivity contribution in [1.29, 1.82) is 0 Å². The van der Waals surface area contributed by atoms with Gasteiger partial charge < -0.3 is 4.74 Å². The molecule has 0 saturated carbocycles. The minimum atomic E-state index is -0.331. The second kappa shape index (κ2) is 6.18. The van der Waals surface area contributed by atoms with Crippen LogP contribution in [0.1, 0.15) is 20.3 Å². The topological polar surface area (TPSA) is 71.0 Å². The van der Waals surface area contributed by atoms with Crippen molar-refractivity contribution in [3.05, 3.63) is 24.3 Å². The lowest BCUT2D eigenvalue weighted by Gasteiger charge is -2.28. The minimum absolute atomic E-state index is 0.0540. The fourth-order valence-electron chi connectivity index (χ4n) is 1.74. The molecule has 1 aliphatic heterocycles. The van der Waals surface area contributed by atoms with Crippen LogP contribution in [-0.2, 0) is 9.59 Å². The van der Waals surface area contributed by atoms with Crippen molar-refractivity contribution < 1.29 is 14.3 Å². The molecule has 106 valence electrons. The van der Waals surface area contributed by atoms with Crippen molar-refractivity contribution in [2.24, 2.45) is 5.10 Å². The zero-order chi connectivity index (χ0) is 14.5. The van der Waals surface area contributed by atoms with Crippen molar-refractivity contribution in [2.45, 2.75) is 20.3 Å². The van der Waals surface area contributed by atoms with E-state index in [0.717, 1.165) is 12.1 Å². The summed E-state index contributed by atoms with van der Waals surface area (Å²) in [5.74, 6) is 0.0334. The van der Waals surface area contributed by atoms with Gasteiger partial charge in [-0.1, -0.05) is 19.1 Å². The Morgan fingerprint density at radius 3 is 2.95 bits per heavy atom. The third-order valence-electron chi connectivity index (χ3n) is 2.99. The van der Waals surface area contributed by atoms with E-state index in [2.05, 4.69) is 10.5 Å². The lowest BCUT2D eigenvalue weighted by Crippen LogP contribution is -2.44. The Labute approximate surface area is 117 Å². The number of nitrogens with one attached hydrogen (secondary N) is 1. The molecule has 0 unspecified atom stereocenters. The fraction of sp³-hybridized carbons (Fsp3) is 0.357. The van der Waals surface area contributed by atoms with Crippen LogP contribution in [0.4, 0.5) is 5.69 Å². The zero-order valence-corrected chi connectivity index (χ0v) is 11.5. The lowest BCUT2D eigenvalue weighted by atomic mass is 10.2. The first-order valence-electron chi connectivity index (χ1n) is 6.46. The molecule has 0 aliphatic carbocycles. The number of ether oxygens (including phenoxy) is 1. The highest BCUT2D eigenvalue weighted by atomic mass is 16.5. The molecule has 1 heterocycles. The van der Waals surface area contributed by atoms with Crippen LogP contribution < -0.4 is 15.1 Å². The van der Waals surface area contributed by atoms with E-state index in [-0.39, 0.29) is 25.0 Å². The van der Waals surface area contributed by atoms with Gasteiger partial charge in [0.15, 0.2) is 6.61 Å². The van der Waals surface area contributed by atoms with Gasteiger partial charge in [-0.15, -0.1) is 0 Å². The molecule has 0 aromatic heterocycles. The molecule has 6 nitrogen and oxygen atoms in total. The lowest BCUT2D eigenvalue weighted by molar-refractivity contribution is -0.125. The maximum absolute atomic E-state index is 11.9. The number of nitrogens with zero attached hydrogens (tertiary/aromatic N) is 2. The predicted molar refractivity (Wildman–Crippen MR) is 75.8 cm³/mol. The SMILES string of the molecule is CC/C(C)=N\NC(=O)CN1C(=O)COc2ccccc21. The van der Waals surface area contributed by atoms with Crippen molar-refractivity contribution in [3.63, 3.8) is 0 Å². The second-order valence-electron chi connectivity index (χ2n) is 4.47. The van der Waals surface area contributed by atoms with Crippen LogP contribution in [0.5, 0.6) is 5.75 Å². The third-order valence-corrected chi connectivity index (χ3v) is 2.99. The molecule has 2 rings (SSSR count). The highest BCUT2D eigenvalue weighted by Gasteiger charge is 2.26. The Kier molecular flexibility index (Phi) is 4.34. The van der Waals surface area contributed by atoms with Crippen molar-refractivity contribution in [1.82, 2.24) is 5.43 Å². The van der Waals surface area contributed by atoms with E-state index in [1.165, 1.54) is 4.90 Å². The van der Waals surface area contributed by atoms with E-state index in [0.29, 0.717) is 11.4 Å². The van der Waals surface area contributed by atoms with E-state index in [1.54, 1.807) is 18.2 Å². The number of carbonyl (C=O) groups is 2. The summed E-state index contributed by atoms with van der Waals surface area (Å²) in [5, 5.41) is 3.94. The molecule has 1 aliphatic rings. The number of amides is 2. The molecule has 2 amide bonds. The Morgan fingerprint density at radius 2 is 2.20 bits per heavy atom. The maximum atomic E-state index is 11.9. The van der Waals surface area contributed by atoms with Crippen LogP contribution in [-0.4, -0.2) is 30.7 Å². The Balaban J connectivity index is 2.09. The van der Waals surface area contributed by atoms with Crippen molar-refractivity contribution in [3.8, 4) is 5.75 Å². The number of benzene rings is 1. The monoisotopic (exact) mass is 275 g/mol.